The number of hydrogen-bond acceptors (Lipinski definition) is 7. The summed E-state index contributed by atoms with van der Waals surface area (Å²) < 4.78 is 23.5. The molecule has 7 rings (SSSR count). The maximum atomic E-state index is 13.1. The number of fused-ring (bicyclic) bond motifs is 2. The minimum Gasteiger partial charge on any atom is -0.439 e. The maximum Gasteiger partial charge on any atom is 0.410 e. The van der Waals surface area contributed by atoms with E-state index in [4.69, 9.17) is 9.26 Å². The zero-order chi connectivity index (χ0) is 30.6. The maximum absolute atomic E-state index is 13.1. The molecule has 44 heavy (non-hydrogen) atoms. The van der Waals surface area contributed by atoms with E-state index in [9.17, 15) is 14.0 Å². The molecule has 0 saturated carbocycles. The molecule has 10 nitrogen and oxygen atoms in total. The van der Waals surface area contributed by atoms with Gasteiger partial charge < -0.3 is 19.1 Å². The van der Waals surface area contributed by atoms with Crippen molar-refractivity contribution in [2.75, 3.05) is 13.1 Å². The van der Waals surface area contributed by atoms with Crippen molar-refractivity contribution in [1.82, 2.24) is 30.2 Å². The largest absolute Gasteiger partial charge is 0.439 e. The molecule has 0 spiro atoms. The van der Waals surface area contributed by atoms with Crippen molar-refractivity contribution in [1.29, 1.82) is 0 Å². The van der Waals surface area contributed by atoms with Gasteiger partial charge in [0.1, 0.15) is 5.82 Å². The van der Waals surface area contributed by atoms with Crippen LogP contribution in [0.25, 0.3) is 33.2 Å². The molecule has 0 radical (unpaired) electrons. The molecule has 1 saturated heterocycles. The Bertz CT molecular complexity index is 1980. The third kappa shape index (κ3) is 6.36. The number of aromatic amines is 2. The Morgan fingerprint density at radius 3 is 2.64 bits per heavy atom. The Balaban J connectivity index is 0.000000313. The molecule has 6 aromatic rings. The summed E-state index contributed by atoms with van der Waals surface area (Å²) in [5.74, 6) is 0.171. The van der Waals surface area contributed by atoms with Crippen molar-refractivity contribution in [2.45, 2.75) is 39.2 Å². The first-order chi connectivity index (χ1) is 21.3. The first kappa shape index (κ1) is 28.8. The van der Waals surface area contributed by atoms with E-state index in [0.29, 0.717) is 37.3 Å². The van der Waals surface area contributed by atoms with Crippen LogP contribution >= 0.6 is 0 Å². The van der Waals surface area contributed by atoms with E-state index in [1.54, 1.807) is 17.0 Å². The van der Waals surface area contributed by atoms with Gasteiger partial charge in [-0.25, -0.2) is 9.18 Å². The number of benzene rings is 3. The molecule has 3 aromatic carbocycles. The molecule has 0 aliphatic carbocycles. The molecule has 1 fully saturated rings. The Morgan fingerprint density at radius 2 is 1.84 bits per heavy atom. The van der Waals surface area contributed by atoms with Gasteiger partial charge in [0.15, 0.2) is 6.61 Å². The first-order valence-electron chi connectivity index (χ1n) is 14.4. The van der Waals surface area contributed by atoms with Crippen LogP contribution in [0.2, 0.25) is 0 Å². The van der Waals surface area contributed by atoms with Gasteiger partial charge in [-0.3, -0.25) is 9.89 Å². The highest BCUT2D eigenvalue weighted by atomic mass is 19.1. The molecule has 11 heteroatoms. The lowest BCUT2D eigenvalue weighted by molar-refractivity contribution is 0.0780. The molecule has 3 aromatic heterocycles. The van der Waals surface area contributed by atoms with Crippen LogP contribution in [0, 0.1) is 19.7 Å². The number of piperidine rings is 1. The van der Waals surface area contributed by atoms with Crippen LogP contribution in [0.15, 0.2) is 82.2 Å². The van der Waals surface area contributed by atoms with Crippen LogP contribution in [-0.2, 0) is 11.3 Å². The summed E-state index contributed by atoms with van der Waals surface area (Å²) in [4.78, 5) is 33.7. The smallest absolute Gasteiger partial charge is 0.410 e. The summed E-state index contributed by atoms with van der Waals surface area (Å²) in [5.41, 5.74) is 5.79. The normalized spacial score (nSPS) is 13.6. The number of carbonyl (C=O) groups is 1. The highest BCUT2D eigenvalue weighted by Gasteiger charge is 2.27. The van der Waals surface area contributed by atoms with E-state index in [-0.39, 0.29) is 32.6 Å². The zero-order valence-electron chi connectivity index (χ0n) is 24.3. The summed E-state index contributed by atoms with van der Waals surface area (Å²) in [7, 11) is 0. The van der Waals surface area contributed by atoms with E-state index < -0.39 is 6.09 Å². The highest BCUT2D eigenvalue weighted by Crippen LogP contribution is 2.28. The van der Waals surface area contributed by atoms with Crippen molar-refractivity contribution < 1.29 is 21.3 Å². The van der Waals surface area contributed by atoms with Gasteiger partial charge in [-0.2, -0.15) is 10.1 Å². The third-order valence-corrected chi connectivity index (χ3v) is 7.76. The standard InChI is InChI=1S/C24H21FN4O4.C9H10N2.2H2/c25-18-7-5-16(6-8-18)22-27-21(33-28-22)14-32-24(31)29-11-9-15(10-12-29)19-13-17-3-1-2-4-20(17)26-23(19)30;1-6-3-7(2)9-8(4-6)5-10-11-9;;/h1-8,13,15H,9-12,14H2,(H,26,30);3-5H,1-2H3,(H,10,11);2*1H. The van der Waals surface area contributed by atoms with Crippen LogP contribution in [0.4, 0.5) is 9.18 Å². The predicted octanol–water partition coefficient (Wildman–Crippen LogP) is 6.91. The lowest BCUT2D eigenvalue weighted by Gasteiger charge is -2.31. The number of aromatic nitrogens is 5. The number of H-pyrrole nitrogens is 2. The lowest BCUT2D eigenvalue weighted by Crippen LogP contribution is -2.39. The van der Waals surface area contributed by atoms with E-state index in [1.165, 1.54) is 28.6 Å². The average Bonchev–Trinajstić information content (AvgIpc) is 3.71. The molecule has 0 atom stereocenters. The van der Waals surface area contributed by atoms with E-state index in [2.05, 4.69) is 51.3 Å². The molecule has 4 heterocycles. The second-order valence-corrected chi connectivity index (χ2v) is 10.9. The number of carbonyl (C=O) groups excluding carboxylic acids is 1. The number of halogens is 1. The molecule has 0 bridgehead atoms. The van der Waals surface area contributed by atoms with Gasteiger partial charge in [0.2, 0.25) is 5.82 Å². The van der Waals surface area contributed by atoms with Crippen molar-refractivity contribution in [3.63, 3.8) is 0 Å². The first-order valence-corrected chi connectivity index (χ1v) is 14.4. The Hall–Kier alpha value is -5.32. The van der Waals surface area contributed by atoms with E-state index >= 15 is 0 Å². The number of amides is 1. The molecule has 1 amide bonds. The Labute approximate surface area is 254 Å². The van der Waals surface area contributed by atoms with Crippen LogP contribution in [0.3, 0.4) is 0 Å². The molecule has 1 aliphatic rings. The van der Waals surface area contributed by atoms with Crippen molar-refractivity contribution >= 4 is 27.9 Å². The van der Waals surface area contributed by atoms with Crippen molar-refractivity contribution in [2.24, 2.45) is 0 Å². The number of hydrogen-bond donors (Lipinski definition) is 2. The molecule has 1 aliphatic heterocycles. The van der Waals surface area contributed by atoms with Crippen LogP contribution < -0.4 is 5.56 Å². The van der Waals surface area contributed by atoms with E-state index in [0.717, 1.165) is 22.0 Å². The number of nitrogens with zero attached hydrogens (tertiary/aromatic N) is 4. The number of rotatable bonds is 4. The molecular formula is C33H35FN6O4. The van der Waals surface area contributed by atoms with Crippen molar-refractivity contribution in [3.05, 3.63) is 112 Å². The number of para-hydroxylation sites is 1. The SMILES string of the molecule is Cc1cc(C)c2[nH]ncc2c1.O=C(OCc1nc(-c2ccc(F)cc2)no1)N1CCC(c2cc3ccccc3[nH]c2=O)CC1.[HH].[HH]. The van der Waals surface area contributed by atoms with Gasteiger partial charge in [0.25, 0.3) is 11.4 Å². The summed E-state index contributed by atoms with van der Waals surface area (Å²) >= 11 is 0. The molecule has 0 unspecified atom stereocenters. The number of pyridine rings is 1. The number of likely N-dealkylation sites (tertiary alicyclic amines) is 1. The fourth-order valence-corrected chi connectivity index (χ4v) is 5.51. The van der Waals surface area contributed by atoms with Gasteiger partial charge >= 0.3 is 6.09 Å². The highest BCUT2D eigenvalue weighted by molar-refractivity contribution is 5.81. The van der Waals surface area contributed by atoms with Gasteiger partial charge in [-0.15, -0.1) is 0 Å². The summed E-state index contributed by atoms with van der Waals surface area (Å²) in [6, 6.07) is 19.6. The van der Waals surface area contributed by atoms with Gasteiger partial charge in [0, 0.05) is 38.0 Å². The van der Waals surface area contributed by atoms with E-state index in [1.807, 2.05) is 36.5 Å². The van der Waals surface area contributed by atoms with Crippen LogP contribution in [-0.4, -0.2) is 49.4 Å². The van der Waals surface area contributed by atoms with Crippen LogP contribution in [0.1, 0.15) is 44.2 Å². The third-order valence-electron chi connectivity index (χ3n) is 7.76. The van der Waals surface area contributed by atoms with Crippen molar-refractivity contribution in [3.8, 4) is 11.4 Å². The quantitative estimate of drug-likeness (QED) is 0.226. The molecular weight excluding hydrogens is 563 g/mol. The van der Waals surface area contributed by atoms with Crippen LogP contribution in [0.5, 0.6) is 0 Å². The van der Waals surface area contributed by atoms with Gasteiger partial charge in [-0.1, -0.05) is 35.0 Å². The van der Waals surface area contributed by atoms with Gasteiger partial charge in [0.05, 0.1) is 11.7 Å². The second-order valence-electron chi connectivity index (χ2n) is 10.9. The van der Waals surface area contributed by atoms with Gasteiger partial charge in [-0.05, 0) is 86.0 Å². The minimum atomic E-state index is -0.470. The molecule has 228 valence electrons. The zero-order valence-corrected chi connectivity index (χ0v) is 24.3. The Morgan fingerprint density at radius 1 is 1.07 bits per heavy atom. The lowest BCUT2D eigenvalue weighted by atomic mass is 9.89. The Kier molecular flexibility index (Phi) is 8.18. The number of ether oxygens (including phenoxy) is 1. The summed E-state index contributed by atoms with van der Waals surface area (Å²) in [5, 5.41) is 13.0. The average molecular weight is 599 g/mol. The summed E-state index contributed by atoms with van der Waals surface area (Å²) in [6.07, 6.45) is 2.73. The predicted molar refractivity (Wildman–Crippen MR) is 168 cm³/mol. The second kappa shape index (κ2) is 12.5. The molecule has 2 N–H and O–H groups in total. The summed E-state index contributed by atoms with van der Waals surface area (Å²) in [6.45, 7) is 5.01. The monoisotopic (exact) mass is 598 g/mol. The topological polar surface area (TPSA) is 130 Å². The minimum absolute atomic E-state index is 0. The fraction of sp³-hybridized carbons (Fsp3) is 0.242. The number of aryl methyl sites for hydroxylation is 2. The number of nitrogens with one attached hydrogen (secondary N) is 2. The fourth-order valence-electron chi connectivity index (χ4n) is 5.51.